The van der Waals surface area contributed by atoms with Crippen LogP contribution in [0, 0.1) is 35.0 Å². The van der Waals surface area contributed by atoms with Gasteiger partial charge in [-0.25, -0.2) is 0 Å². The highest BCUT2D eigenvalue weighted by Gasteiger charge is 2.51. The van der Waals surface area contributed by atoms with Crippen molar-refractivity contribution in [2.45, 2.75) is 98.3 Å². The minimum Gasteiger partial charge on any atom is -0.481 e. The molecule has 0 amide bonds. The Morgan fingerprint density at radius 1 is 1.12 bits per heavy atom. The van der Waals surface area contributed by atoms with E-state index in [0.717, 1.165) is 42.4 Å². The van der Waals surface area contributed by atoms with Crippen LogP contribution in [0.25, 0.3) is 0 Å². The Labute approximate surface area is 149 Å². The second kappa shape index (κ2) is 8.72. The van der Waals surface area contributed by atoms with Crippen LogP contribution in [0.5, 0.6) is 0 Å². The quantitative estimate of drug-likeness (QED) is 0.519. The van der Waals surface area contributed by atoms with Crippen LogP contribution < -0.4 is 0 Å². The number of carboxylic acids is 1. The van der Waals surface area contributed by atoms with Gasteiger partial charge in [0.1, 0.15) is 0 Å². The summed E-state index contributed by atoms with van der Waals surface area (Å²) >= 11 is 0. The summed E-state index contributed by atoms with van der Waals surface area (Å²) in [6.07, 6.45) is 13.5. The summed E-state index contributed by atoms with van der Waals surface area (Å²) in [5, 5.41) is 8.92. The second-order valence-corrected chi connectivity index (χ2v) is 9.54. The van der Waals surface area contributed by atoms with Gasteiger partial charge in [-0.2, -0.15) is 0 Å². The third kappa shape index (κ3) is 4.76. The average Bonchev–Trinajstić information content (AvgIpc) is 2.84. The first kappa shape index (κ1) is 19.8. The van der Waals surface area contributed by atoms with Crippen LogP contribution in [0.1, 0.15) is 98.3 Å². The molecule has 5 atom stereocenters. The van der Waals surface area contributed by atoms with Gasteiger partial charge in [-0.1, -0.05) is 59.8 Å². The van der Waals surface area contributed by atoms with Crippen molar-refractivity contribution in [3.63, 3.8) is 0 Å². The van der Waals surface area contributed by atoms with Gasteiger partial charge in [-0.05, 0) is 67.1 Å². The molecule has 24 heavy (non-hydrogen) atoms. The topological polar surface area (TPSA) is 37.3 Å². The fourth-order valence-electron chi connectivity index (χ4n) is 6.23. The minimum absolute atomic E-state index is 0.356. The highest BCUT2D eigenvalue weighted by atomic mass is 16.4. The maximum absolute atomic E-state index is 10.8. The van der Waals surface area contributed by atoms with Crippen LogP contribution in [0.2, 0.25) is 0 Å². The molecule has 2 rings (SSSR count). The Morgan fingerprint density at radius 3 is 2.54 bits per heavy atom. The number of rotatable bonds is 9. The predicted octanol–water partition coefficient (Wildman–Crippen LogP) is 6.54. The lowest BCUT2D eigenvalue weighted by molar-refractivity contribution is -0.137. The first-order valence-corrected chi connectivity index (χ1v) is 10.6. The molecular formula is C22H40O2. The first-order chi connectivity index (χ1) is 11.3. The smallest absolute Gasteiger partial charge is 0.303 e. The molecular weight excluding hydrogens is 296 g/mol. The molecule has 2 fully saturated rings. The number of carbonyl (C=O) groups is 1. The van der Waals surface area contributed by atoms with E-state index in [4.69, 9.17) is 5.11 Å². The third-order valence-corrected chi connectivity index (χ3v) is 7.44. The number of aliphatic carboxylic acids is 1. The summed E-state index contributed by atoms with van der Waals surface area (Å²) in [7, 11) is 0. The van der Waals surface area contributed by atoms with Crippen molar-refractivity contribution in [3.8, 4) is 0 Å². The van der Waals surface area contributed by atoms with Gasteiger partial charge in [-0.15, -0.1) is 0 Å². The number of hydrogen-bond donors (Lipinski definition) is 1. The highest BCUT2D eigenvalue weighted by molar-refractivity contribution is 5.66. The molecule has 2 saturated carbocycles. The fraction of sp³-hybridized carbons (Fsp3) is 0.955. The molecule has 2 nitrogen and oxygen atoms in total. The largest absolute Gasteiger partial charge is 0.481 e. The van der Waals surface area contributed by atoms with Gasteiger partial charge in [0.25, 0.3) is 0 Å². The lowest BCUT2D eigenvalue weighted by atomic mass is 9.58. The van der Waals surface area contributed by atoms with Crippen LogP contribution in [-0.2, 0) is 4.79 Å². The molecule has 0 saturated heterocycles. The molecule has 2 aliphatic rings. The molecule has 140 valence electrons. The standard InChI is InChI=1S/C22H40O2/c1-16(2)8-5-9-17(3)19-13-14-20-18(10-6-12-21(23)24)11-7-15-22(19,20)4/h16-20H,5-15H2,1-4H3,(H,23,24)/t17?,18?,19-,20?,22-/m1/s1. The highest BCUT2D eigenvalue weighted by Crippen LogP contribution is 2.60. The van der Waals surface area contributed by atoms with E-state index < -0.39 is 5.97 Å². The van der Waals surface area contributed by atoms with Crippen LogP contribution >= 0.6 is 0 Å². The Balaban J connectivity index is 1.91. The van der Waals surface area contributed by atoms with Gasteiger partial charge >= 0.3 is 5.97 Å². The summed E-state index contributed by atoms with van der Waals surface area (Å²) in [6.45, 7) is 9.76. The summed E-state index contributed by atoms with van der Waals surface area (Å²) in [6, 6.07) is 0. The molecule has 0 aromatic carbocycles. The van der Waals surface area contributed by atoms with E-state index in [-0.39, 0.29) is 0 Å². The van der Waals surface area contributed by atoms with Gasteiger partial charge in [0, 0.05) is 6.42 Å². The summed E-state index contributed by atoms with van der Waals surface area (Å²) in [4.78, 5) is 10.8. The van der Waals surface area contributed by atoms with Crippen molar-refractivity contribution in [1.82, 2.24) is 0 Å². The molecule has 0 bridgehead atoms. The fourth-order valence-corrected chi connectivity index (χ4v) is 6.23. The van der Waals surface area contributed by atoms with Crippen molar-refractivity contribution in [2.75, 3.05) is 0 Å². The molecule has 0 aromatic heterocycles. The zero-order valence-corrected chi connectivity index (χ0v) is 16.5. The van der Waals surface area contributed by atoms with Crippen LogP contribution in [0.3, 0.4) is 0 Å². The van der Waals surface area contributed by atoms with E-state index in [0.29, 0.717) is 11.8 Å². The lowest BCUT2D eigenvalue weighted by Gasteiger charge is -2.47. The Hall–Kier alpha value is -0.530. The second-order valence-electron chi connectivity index (χ2n) is 9.54. The number of fused-ring (bicyclic) bond motifs is 1. The zero-order valence-electron chi connectivity index (χ0n) is 16.5. The van der Waals surface area contributed by atoms with Gasteiger partial charge in [0.05, 0.1) is 0 Å². The van der Waals surface area contributed by atoms with Crippen LogP contribution in [0.4, 0.5) is 0 Å². The van der Waals surface area contributed by atoms with Crippen molar-refractivity contribution >= 4 is 5.97 Å². The van der Waals surface area contributed by atoms with E-state index >= 15 is 0 Å². The number of hydrogen-bond acceptors (Lipinski definition) is 1. The molecule has 0 spiro atoms. The monoisotopic (exact) mass is 336 g/mol. The van der Waals surface area contributed by atoms with Gasteiger partial charge in [0.15, 0.2) is 0 Å². The Kier molecular flexibility index (Phi) is 7.19. The van der Waals surface area contributed by atoms with Crippen molar-refractivity contribution < 1.29 is 9.90 Å². The van der Waals surface area contributed by atoms with E-state index in [9.17, 15) is 4.79 Å². The van der Waals surface area contributed by atoms with E-state index in [2.05, 4.69) is 27.7 Å². The molecule has 1 N–H and O–H groups in total. The van der Waals surface area contributed by atoms with Gasteiger partial charge < -0.3 is 5.11 Å². The van der Waals surface area contributed by atoms with Crippen LogP contribution in [0.15, 0.2) is 0 Å². The van der Waals surface area contributed by atoms with E-state index in [1.807, 2.05) is 0 Å². The maximum Gasteiger partial charge on any atom is 0.303 e. The maximum atomic E-state index is 10.8. The molecule has 2 heteroatoms. The van der Waals surface area contributed by atoms with Crippen molar-refractivity contribution in [3.05, 3.63) is 0 Å². The van der Waals surface area contributed by atoms with Gasteiger partial charge in [0.2, 0.25) is 0 Å². The first-order valence-electron chi connectivity index (χ1n) is 10.6. The SMILES string of the molecule is CC(C)CCCC(C)[C@H]1CCC2C(CCCC(=O)O)CCC[C@@]21C. The van der Waals surface area contributed by atoms with Crippen molar-refractivity contribution in [1.29, 1.82) is 0 Å². The zero-order chi connectivity index (χ0) is 17.7. The third-order valence-electron chi connectivity index (χ3n) is 7.44. The van der Waals surface area contributed by atoms with E-state index in [1.165, 1.54) is 51.4 Å². The average molecular weight is 337 g/mol. The Morgan fingerprint density at radius 2 is 1.88 bits per heavy atom. The molecule has 3 unspecified atom stereocenters. The molecule has 0 radical (unpaired) electrons. The van der Waals surface area contributed by atoms with Gasteiger partial charge in [-0.3, -0.25) is 4.79 Å². The Bertz CT molecular complexity index is 403. The normalized spacial score (nSPS) is 34.3. The summed E-state index contributed by atoms with van der Waals surface area (Å²) < 4.78 is 0. The molecule has 2 aliphatic carbocycles. The molecule has 0 heterocycles. The van der Waals surface area contributed by atoms with E-state index in [1.54, 1.807) is 0 Å². The molecule has 0 aliphatic heterocycles. The number of carboxylic acid groups (broad SMARTS) is 1. The summed E-state index contributed by atoms with van der Waals surface area (Å²) in [5.74, 6) is 3.61. The molecule has 0 aromatic rings. The summed E-state index contributed by atoms with van der Waals surface area (Å²) in [5.41, 5.74) is 0.531. The van der Waals surface area contributed by atoms with Crippen molar-refractivity contribution in [2.24, 2.45) is 35.0 Å². The predicted molar refractivity (Wildman–Crippen MR) is 101 cm³/mol. The minimum atomic E-state index is -0.628. The lowest BCUT2D eigenvalue weighted by Crippen LogP contribution is -2.39. The van der Waals surface area contributed by atoms with Crippen LogP contribution in [-0.4, -0.2) is 11.1 Å².